The summed E-state index contributed by atoms with van der Waals surface area (Å²) in [6.45, 7) is 5.84. The highest BCUT2D eigenvalue weighted by molar-refractivity contribution is 9.10. The van der Waals surface area contributed by atoms with Crippen LogP contribution in [0.2, 0.25) is 0 Å². The molecule has 3 rings (SSSR count). The zero-order chi connectivity index (χ0) is 15.0. The maximum Gasteiger partial charge on any atom is 0.165 e. The zero-order valence-corrected chi connectivity index (χ0v) is 14.5. The molecule has 0 spiro atoms. The average Bonchev–Trinajstić information content (AvgIpc) is 2.73. The van der Waals surface area contributed by atoms with Crippen LogP contribution in [0.3, 0.4) is 0 Å². The van der Waals surface area contributed by atoms with Gasteiger partial charge in [-0.05, 0) is 30.4 Å². The van der Waals surface area contributed by atoms with Crippen molar-refractivity contribution in [2.24, 2.45) is 5.73 Å². The Bertz CT molecular complexity index is 536. The second-order valence-electron chi connectivity index (χ2n) is 6.54. The minimum absolute atomic E-state index is 0.233. The van der Waals surface area contributed by atoms with Gasteiger partial charge in [0.2, 0.25) is 0 Å². The molecule has 1 aliphatic heterocycles. The molecule has 1 heterocycles. The highest BCUT2D eigenvalue weighted by Crippen LogP contribution is 2.50. The van der Waals surface area contributed by atoms with Gasteiger partial charge in [0.15, 0.2) is 11.5 Å². The van der Waals surface area contributed by atoms with Gasteiger partial charge in [0.05, 0.1) is 13.2 Å². The van der Waals surface area contributed by atoms with E-state index in [-0.39, 0.29) is 5.54 Å². The lowest BCUT2D eigenvalue weighted by Gasteiger charge is -2.31. The second kappa shape index (κ2) is 5.81. The molecule has 21 heavy (non-hydrogen) atoms. The molecule has 2 aliphatic rings. The summed E-state index contributed by atoms with van der Waals surface area (Å²) >= 11 is 3.75. The predicted octanol–water partition coefficient (Wildman–Crippen LogP) is 4.46. The van der Waals surface area contributed by atoms with Crippen LogP contribution in [0.4, 0.5) is 0 Å². The largest absolute Gasteiger partial charge is 0.490 e. The van der Waals surface area contributed by atoms with Crippen LogP contribution < -0.4 is 15.2 Å². The molecule has 4 heteroatoms. The fraction of sp³-hybridized carbons (Fsp3) is 0.647. The smallest absolute Gasteiger partial charge is 0.165 e. The molecule has 0 unspecified atom stereocenters. The van der Waals surface area contributed by atoms with Crippen LogP contribution in [-0.4, -0.2) is 13.2 Å². The van der Waals surface area contributed by atoms with E-state index in [1.807, 2.05) is 0 Å². The topological polar surface area (TPSA) is 44.5 Å². The van der Waals surface area contributed by atoms with Crippen molar-refractivity contribution < 1.29 is 9.47 Å². The Labute approximate surface area is 135 Å². The first-order valence-electron chi connectivity index (χ1n) is 7.94. The average molecular weight is 354 g/mol. The fourth-order valence-corrected chi connectivity index (χ4v) is 4.43. The van der Waals surface area contributed by atoms with Crippen LogP contribution in [0, 0.1) is 0 Å². The third kappa shape index (κ3) is 2.68. The van der Waals surface area contributed by atoms with E-state index in [9.17, 15) is 0 Å². The van der Waals surface area contributed by atoms with Crippen LogP contribution in [0.15, 0.2) is 10.5 Å². The molecule has 116 valence electrons. The number of ether oxygens (including phenoxy) is 2. The Balaban J connectivity index is 2.21. The van der Waals surface area contributed by atoms with E-state index in [0.29, 0.717) is 19.1 Å². The van der Waals surface area contributed by atoms with Gasteiger partial charge in [-0.25, -0.2) is 0 Å². The lowest BCUT2D eigenvalue weighted by molar-refractivity contribution is 0.295. The van der Waals surface area contributed by atoms with Crippen molar-refractivity contribution in [3.8, 4) is 11.5 Å². The Morgan fingerprint density at radius 3 is 2.48 bits per heavy atom. The number of fused-ring (bicyclic) bond motifs is 1. The molecule has 1 aromatic carbocycles. The molecule has 1 aromatic rings. The normalized spacial score (nSPS) is 20.6. The van der Waals surface area contributed by atoms with Crippen LogP contribution in [0.25, 0.3) is 0 Å². The number of rotatable bonds is 2. The van der Waals surface area contributed by atoms with Gasteiger partial charge in [0.1, 0.15) is 0 Å². The molecule has 3 nitrogen and oxygen atoms in total. The van der Waals surface area contributed by atoms with Crippen molar-refractivity contribution in [3.05, 3.63) is 21.7 Å². The summed E-state index contributed by atoms with van der Waals surface area (Å²) < 4.78 is 13.0. The van der Waals surface area contributed by atoms with E-state index in [4.69, 9.17) is 15.2 Å². The van der Waals surface area contributed by atoms with Crippen molar-refractivity contribution >= 4 is 15.9 Å². The van der Waals surface area contributed by atoms with E-state index in [1.54, 1.807) is 0 Å². The van der Waals surface area contributed by atoms with Gasteiger partial charge >= 0.3 is 0 Å². The molecule has 0 aromatic heterocycles. The number of hydrogen-bond donors (Lipinski definition) is 1. The second-order valence-corrected chi connectivity index (χ2v) is 7.40. The van der Waals surface area contributed by atoms with Gasteiger partial charge in [-0.3, -0.25) is 0 Å². The number of nitrogens with two attached hydrogens (primary N) is 1. The van der Waals surface area contributed by atoms with Gasteiger partial charge in [0.25, 0.3) is 0 Å². The van der Waals surface area contributed by atoms with Crippen LogP contribution >= 0.6 is 15.9 Å². The molecule has 2 N–H and O–H groups in total. The molecule has 0 atom stereocenters. The van der Waals surface area contributed by atoms with Gasteiger partial charge in [-0.2, -0.15) is 0 Å². The van der Waals surface area contributed by atoms with Crippen LogP contribution in [-0.2, 0) is 5.54 Å². The molecule has 0 saturated heterocycles. The SMILES string of the molecule is CC(C)c1c2c(cc(Br)c1C1(N)CCCC1)OCCCO2. The molecule has 0 bridgehead atoms. The van der Waals surface area contributed by atoms with Gasteiger partial charge in [-0.15, -0.1) is 0 Å². The van der Waals surface area contributed by atoms with Crippen molar-refractivity contribution in [1.29, 1.82) is 0 Å². The number of hydrogen-bond acceptors (Lipinski definition) is 3. The molecular weight excluding hydrogens is 330 g/mol. The maximum atomic E-state index is 6.77. The first-order valence-corrected chi connectivity index (χ1v) is 8.73. The quantitative estimate of drug-likeness (QED) is 0.853. The highest BCUT2D eigenvalue weighted by atomic mass is 79.9. The van der Waals surface area contributed by atoms with Crippen molar-refractivity contribution in [3.63, 3.8) is 0 Å². The molecule has 0 amide bonds. The van der Waals surface area contributed by atoms with E-state index in [2.05, 4.69) is 35.8 Å². The minimum atomic E-state index is -0.233. The first kappa shape index (κ1) is 15.2. The molecule has 0 radical (unpaired) electrons. The first-order chi connectivity index (χ1) is 10.0. The zero-order valence-electron chi connectivity index (χ0n) is 12.9. The van der Waals surface area contributed by atoms with Gasteiger partial charge in [-0.1, -0.05) is 42.6 Å². The fourth-order valence-electron chi connectivity index (χ4n) is 3.61. The van der Waals surface area contributed by atoms with Gasteiger partial charge in [0, 0.05) is 22.0 Å². The van der Waals surface area contributed by atoms with Crippen molar-refractivity contribution in [2.45, 2.75) is 57.4 Å². The predicted molar refractivity (Wildman–Crippen MR) is 88.2 cm³/mol. The summed E-state index contributed by atoms with van der Waals surface area (Å²) in [7, 11) is 0. The van der Waals surface area contributed by atoms with Crippen molar-refractivity contribution in [1.82, 2.24) is 0 Å². The molecule has 1 aliphatic carbocycles. The summed E-state index contributed by atoms with van der Waals surface area (Å²) in [5.74, 6) is 2.12. The summed E-state index contributed by atoms with van der Waals surface area (Å²) in [4.78, 5) is 0. The van der Waals surface area contributed by atoms with Gasteiger partial charge < -0.3 is 15.2 Å². The van der Waals surface area contributed by atoms with Crippen LogP contribution in [0.5, 0.6) is 11.5 Å². The number of halogens is 1. The Hall–Kier alpha value is -0.740. The summed E-state index contributed by atoms with van der Waals surface area (Å²) in [6, 6.07) is 2.05. The Morgan fingerprint density at radius 1 is 1.14 bits per heavy atom. The number of benzene rings is 1. The van der Waals surface area contributed by atoms with E-state index >= 15 is 0 Å². The lowest BCUT2D eigenvalue weighted by Crippen LogP contribution is -2.35. The standard InChI is InChI=1S/C17H24BrNO2/c1-11(2)14-15(17(19)6-3-4-7-17)12(18)10-13-16(14)21-9-5-8-20-13/h10-11H,3-9,19H2,1-2H3. The van der Waals surface area contributed by atoms with E-state index < -0.39 is 0 Å². The highest BCUT2D eigenvalue weighted by Gasteiger charge is 2.38. The summed E-state index contributed by atoms with van der Waals surface area (Å²) in [5.41, 5.74) is 9.00. The summed E-state index contributed by atoms with van der Waals surface area (Å²) in [6.07, 6.45) is 5.42. The van der Waals surface area contributed by atoms with Crippen LogP contribution in [0.1, 0.15) is 63.0 Å². The third-order valence-corrected chi connectivity index (χ3v) is 5.22. The Morgan fingerprint density at radius 2 is 1.81 bits per heavy atom. The molecule has 1 saturated carbocycles. The van der Waals surface area contributed by atoms with E-state index in [1.165, 1.54) is 24.0 Å². The van der Waals surface area contributed by atoms with E-state index in [0.717, 1.165) is 35.2 Å². The third-order valence-electron chi connectivity index (χ3n) is 4.60. The van der Waals surface area contributed by atoms with Crippen molar-refractivity contribution in [2.75, 3.05) is 13.2 Å². The summed E-state index contributed by atoms with van der Waals surface area (Å²) in [5, 5.41) is 0. The molecule has 1 fully saturated rings. The lowest BCUT2D eigenvalue weighted by atomic mass is 9.82. The maximum absolute atomic E-state index is 6.77. The Kier molecular flexibility index (Phi) is 4.19. The minimum Gasteiger partial charge on any atom is -0.490 e. The molecular formula is C17H24BrNO2. The monoisotopic (exact) mass is 353 g/mol.